The van der Waals surface area contributed by atoms with Crippen molar-refractivity contribution in [2.24, 2.45) is 0 Å². The van der Waals surface area contributed by atoms with Crippen LogP contribution < -0.4 is 19.3 Å². The van der Waals surface area contributed by atoms with Crippen molar-refractivity contribution in [1.82, 2.24) is 0 Å². The minimum Gasteiger partial charge on any atom is -0.493 e. The third-order valence-corrected chi connectivity index (χ3v) is 6.05. The van der Waals surface area contributed by atoms with Crippen LogP contribution in [-0.4, -0.2) is 37.5 Å². The highest BCUT2D eigenvalue weighted by Crippen LogP contribution is 2.39. The molecule has 29 heavy (non-hydrogen) atoms. The van der Waals surface area contributed by atoms with Crippen LogP contribution in [0, 0.1) is 0 Å². The third kappa shape index (κ3) is 4.26. The molecule has 2 aromatic rings. The molecule has 0 aromatic heterocycles. The molecule has 0 N–H and O–H groups in total. The fourth-order valence-corrected chi connectivity index (χ4v) is 4.55. The van der Waals surface area contributed by atoms with Crippen molar-refractivity contribution in [1.29, 1.82) is 0 Å². The molecular weight excluding hydrogens is 404 g/mol. The molecule has 0 unspecified atom stereocenters. The van der Waals surface area contributed by atoms with Gasteiger partial charge in [0.15, 0.2) is 15.8 Å². The summed E-state index contributed by atoms with van der Waals surface area (Å²) in [6.07, 6.45) is 1.80. The van der Waals surface area contributed by atoms with Crippen LogP contribution in [-0.2, 0) is 4.79 Å². The van der Waals surface area contributed by atoms with E-state index in [1.54, 1.807) is 25.2 Å². The zero-order valence-electron chi connectivity index (χ0n) is 17.0. The van der Waals surface area contributed by atoms with Crippen molar-refractivity contribution in [3.63, 3.8) is 0 Å². The summed E-state index contributed by atoms with van der Waals surface area (Å²) in [5, 5.41) is 0. The summed E-state index contributed by atoms with van der Waals surface area (Å²) in [5.74, 6) is 1.06. The van der Waals surface area contributed by atoms with Gasteiger partial charge in [-0.15, -0.1) is 0 Å². The van der Waals surface area contributed by atoms with Gasteiger partial charge in [0.1, 0.15) is 0 Å². The first kappa shape index (κ1) is 21.2. The van der Waals surface area contributed by atoms with Crippen molar-refractivity contribution in [3.8, 4) is 11.5 Å². The Bertz CT molecular complexity index is 938. The van der Waals surface area contributed by atoms with Gasteiger partial charge in [0.2, 0.25) is 0 Å². The molecule has 0 atom stereocenters. The van der Waals surface area contributed by atoms with Gasteiger partial charge < -0.3 is 14.4 Å². The number of hydrogen-bond donors (Lipinski definition) is 0. The smallest absolute Gasteiger partial charge is 0.270 e. The van der Waals surface area contributed by atoms with Crippen LogP contribution in [0.5, 0.6) is 11.5 Å². The van der Waals surface area contributed by atoms with E-state index in [4.69, 9.17) is 21.7 Å². The third-order valence-electron chi connectivity index (χ3n) is 4.75. The predicted octanol–water partition coefficient (Wildman–Crippen LogP) is 4.96. The summed E-state index contributed by atoms with van der Waals surface area (Å²) >= 11 is 6.78. The number of thiocarbonyl (C=S) groups is 1. The number of ether oxygens (including phenoxy) is 2. The van der Waals surface area contributed by atoms with Gasteiger partial charge in [-0.1, -0.05) is 36.1 Å². The summed E-state index contributed by atoms with van der Waals surface area (Å²) in [4.78, 5) is 17.5. The highest BCUT2D eigenvalue weighted by molar-refractivity contribution is 8.27. The van der Waals surface area contributed by atoms with E-state index in [9.17, 15) is 4.79 Å². The molecule has 0 radical (unpaired) electrons. The van der Waals surface area contributed by atoms with Crippen molar-refractivity contribution in [2.45, 2.75) is 13.8 Å². The number of methoxy groups -OCH3 is 2. The van der Waals surface area contributed by atoms with E-state index in [0.717, 1.165) is 30.0 Å². The molecule has 0 bridgehead atoms. The molecule has 1 aliphatic rings. The molecule has 2 aromatic carbocycles. The molecule has 0 saturated carbocycles. The molecule has 7 heteroatoms. The Morgan fingerprint density at radius 2 is 1.76 bits per heavy atom. The molecule has 1 fully saturated rings. The maximum absolute atomic E-state index is 13.1. The first-order chi connectivity index (χ1) is 14.0. The average Bonchev–Trinajstić information content (AvgIpc) is 3.02. The molecule has 5 nitrogen and oxygen atoms in total. The largest absolute Gasteiger partial charge is 0.493 e. The van der Waals surface area contributed by atoms with Gasteiger partial charge in [-0.05, 0) is 50.3 Å². The number of carbonyl (C=O) groups excluding carboxylic acids is 1. The van der Waals surface area contributed by atoms with Crippen molar-refractivity contribution in [3.05, 3.63) is 52.9 Å². The lowest BCUT2D eigenvalue weighted by Gasteiger charge is -2.22. The monoisotopic (exact) mass is 428 g/mol. The SMILES string of the molecule is CCN(CC)c1ccc(N2C(=O)/C(=C\c3cccc(OC)c3OC)SC2=S)cc1. The van der Waals surface area contributed by atoms with Gasteiger partial charge in [0.25, 0.3) is 5.91 Å². The van der Waals surface area contributed by atoms with Gasteiger partial charge in [0.05, 0.1) is 24.8 Å². The van der Waals surface area contributed by atoms with E-state index >= 15 is 0 Å². The lowest BCUT2D eigenvalue weighted by Crippen LogP contribution is -2.27. The molecule has 1 saturated heterocycles. The number of carbonyl (C=O) groups is 1. The van der Waals surface area contributed by atoms with Crippen molar-refractivity contribution < 1.29 is 14.3 Å². The number of hydrogen-bond acceptors (Lipinski definition) is 6. The van der Waals surface area contributed by atoms with Crippen LogP contribution in [0.1, 0.15) is 19.4 Å². The Kier molecular flexibility index (Phi) is 6.82. The number of nitrogens with zero attached hydrogens (tertiary/aromatic N) is 2. The molecule has 1 aliphatic heterocycles. The molecule has 0 spiro atoms. The lowest BCUT2D eigenvalue weighted by molar-refractivity contribution is -0.113. The second-order valence-corrected chi connectivity index (χ2v) is 7.96. The number of thioether (sulfide) groups is 1. The molecular formula is C22H24N2O3S2. The summed E-state index contributed by atoms with van der Waals surface area (Å²) in [6.45, 7) is 6.11. The van der Waals surface area contributed by atoms with Crippen LogP contribution in [0.4, 0.5) is 11.4 Å². The summed E-state index contributed by atoms with van der Waals surface area (Å²) in [6, 6.07) is 13.5. The Morgan fingerprint density at radius 3 is 2.34 bits per heavy atom. The van der Waals surface area contributed by atoms with Crippen LogP contribution >= 0.6 is 24.0 Å². The van der Waals surface area contributed by atoms with E-state index in [-0.39, 0.29) is 5.91 Å². The average molecular weight is 429 g/mol. The highest BCUT2D eigenvalue weighted by Gasteiger charge is 2.33. The van der Waals surface area contributed by atoms with Gasteiger partial charge >= 0.3 is 0 Å². The predicted molar refractivity (Wildman–Crippen MR) is 125 cm³/mol. The number of anilines is 2. The topological polar surface area (TPSA) is 42.0 Å². The van der Waals surface area contributed by atoms with Gasteiger partial charge in [-0.25, -0.2) is 0 Å². The highest BCUT2D eigenvalue weighted by atomic mass is 32.2. The zero-order valence-corrected chi connectivity index (χ0v) is 18.6. The molecule has 0 aliphatic carbocycles. The second kappa shape index (κ2) is 9.33. The van der Waals surface area contributed by atoms with E-state index < -0.39 is 0 Å². The quantitative estimate of drug-likeness (QED) is 0.459. The van der Waals surface area contributed by atoms with Crippen LogP contribution in [0.3, 0.4) is 0 Å². The van der Waals surface area contributed by atoms with E-state index in [0.29, 0.717) is 20.7 Å². The second-order valence-electron chi connectivity index (χ2n) is 6.29. The minimum absolute atomic E-state index is 0.138. The van der Waals surface area contributed by atoms with Crippen LogP contribution in [0.2, 0.25) is 0 Å². The first-order valence-corrected chi connectivity index (χ1v) is 10.6. The summed E-state index contributed by atoms with van der Waals surface area (Å²) < 4.78 is 11.3. The summed E-state index contributed by atoms with van der Waals surface area (Å²) in [5.41, 5.74) is 2.66. The van der Waals surface area contributed by atoms with Gasteiger partial charge in [0, 0.05) is 24.3 Å². The zero-order chi connectivity index (χ0) is 21.0. The van der Waals surface area contributed by atoms with Gasteiger partial charge in [-0.3, -0.25) is 9.69 Å². The maximum Gasteiger partial charge on any atom is 0.270 e. The molecule has 1 heterocycles. The van der Waals surface area contributed by atoms with Gasteiger partial charge in [-0.2, -0.15) is 0 Å². The van der Waals surface area contributed by atoms with Crippen LogP contribution in [0.15, 0.2) is 47.4 Å². The number of para-hydroxylation sites is 1. The van der Waals surface area contributed by atoms with E-state index in [2.05, 4.69) is 18.7 Å². The normalized spacial score (nSPS) is 15.2. The standard InChI is InChI=1S/C22H24N2O3S2/c1-5-23(6-2)16-10-12-17(13-11-16)24-21(25)19(29-22(24)28)14-15-8-7-9-18(26-3)20(15)27-4/h7-14H,5-6H2,1-4H3/b19-14+. The summed E-state index contributed by atoms with van der Waals surface area (Å²) in [7, 11) is 3.17. The number of benzene rings is 2. The number of rotatable bonds is 7. The Hall–Kier alpha value is -2.51. The first-order valence-electron chi connectivity index (χ1n) is 9.38. The molecule has 3 rings (SSSR count). The number of amides is 1. The van der Waals surface area contributed by atoms with Crippen LogP contribution in [0.25, 0.3) is 6.08 Å². The Labute approximate surface area is 181 Å². The van der Waals surface area contributed by atoms with Crippen molar-refractivity contribution in [2.75, 3.05) is 37.1 Å². The molecule has 152 valence electrons. The fourth-order valence-electron chi connectivity index (χ4n) is 3.26. The Morgan fingerprint density at radius 1 is 1.07 bits per heavy atom. The minimum atomic E-state index is -0.138. The lowest BCUT2D eigenvalue weighted by atomic mass is 10.1. The molecule has 1 amide bonds. The van der Waals surface area contributed by atoms with Crippen molar-refractivity contribution >= 4 is 51.7 Å². The maximum atomic E-state index is 13.1. The fraction of sp³-hybridized carbons (Fsp3) is 0.273. The van der Waals surface area contributed by atoms with E-state index in [1.165, 1.54) is 11.8 Å². The Balaban J connectivity index is 1.90. The van der Waals surface area contributed by atoms with E-state index in [1.807, 2.05) is 42.5 Å².